The lowest BCUT2D eigenvalue weighted by Crippen LogP contribution is -2.55. The van der Waals surface area contributed by atoms with E-state index in [9.17, 15) is 9.18 Å². The van der Waals surface area contributed by atoms with Crippen LogP contribution in [0.2, 0.25) is 0 Å². The van der Waals surface area contributed by atoms with Crippen molar-refractivity contribution in [3.05, 3.63) is 29.6 Å². The van der Waals surface area contributed by atoms with E-state index in [1.807, 2.05) is 18.7 Å². The molecule has 1 aliphatic heterocycles. The van der Waals surface area contributed by atoms with E-state index in [1.165, 1.54) is 6.07 Å². The van der Waals surface area contributed by atoms with E-state index < -0.39 is 6.04 Å². The summed E-state index contributed by atoms with van der Waals surface area (Å²) in [6.07, 6.45) is 0. The highest BCUT2D eigenvalue weighted by Crippen LogP contribution is 2.26. The molecule has 0 bridgehead atoms. The Kier molecular flexibility index (Phi) is 5.14. The lowest BCUT2D eigenvalue weighted by atomic mass is 10.1. The molecule has 0 spiro atoms. The highest BCUT2D eigenvalue weighted by atomic mass is 19.1. The van der Waals surface area contributed by atoms with Crippen LogP contribution in [-0.2, 0) is 16.1 Å². The van der Waals surface area contributed by atoms with Gasteiger partial charge in [-0.3, -0.25) is 4.79 Å². The number of hydrogen-bond acceptors (Lipinski definition) is 4. The Morgan fingerprint density at radius 1 is 1.57 bits per heavy atom. The van der Waals surface area contributed by atoms with Gasteiger partial charge in [0.25, 0.3) is 0 Å². The van der Waals surface area contributed by atoms with E-state index in [-0.39, 0.29) is 24.3 Å². The number of ether oxygens (including phenoxy) is 1. The first-order chi connectivity index (χ1) is 10.0. The maximum atomic E-state index is 13.9. The third kappa shape index (κ3) is 3.51. The lowest BCUT2D eigenvalue weighted by Gasteiger charge is -2.37. The first-order valence-corrected chi connectivity index (χ1v) is 7.16. The van der Waals surface area contributed by atoms with Crippen molar-refractivity contribution in [2.24, 2.45) is 5.73 Å². The Balaban J connectivity index is 2.31. The fourth-order valence-corrected chi connectivity index (χ4v) is 2.51. The zero-order chi connectivity index (χ0) is 15.4. The second kappa shape index (κ2) is 6.87. The summed E-state index contributed by atoms with van der Waals surface area (Å²) in [6.45, 7) is 5.23. The maximum absolute atomic E-state index is 13.9. The summed E-state index contributed by atoms with van der Waals surface area (Å²) >= 11 is 0. The summed E-state index contributed by atoms with van der Waals surface area (Å²) in [6, 6.07) is 4.40. The van der Waals surface area contributed by atoms with Gasteiger partial charge in [-0.15, -0.1) is 0 Å². The zero-order valence-corrected chi connectivity index (χ0v) is 12.4. The predicted octanol–water partition coefficient (Wildman–Crippen LogP) is 1.01. The van der Waals surface area contributed by atoms with Gasteiger partial charge in [-0.2, -0.15) is 0 Å². The molecule has 0 aromatic heterocycles. The molecule has 1 fully saturated rings. The van der Waals surface area contributed by atoms with Gasteiger partial charge >= 0.3 is 0 Å². The molecule has 1 aromatic carbocycles. The molecule has 2 rings (SSSR count). The molecule has 1 aromatic rings. The average Bonchev–Trinajstić information content (AvgIpc) is 2.46. The number of benzene rings is 1. The number of nitrogens with one attached hydrogen (secondary N) is 1. The number of carbonyl (C=O) groups is 1. The molecular formula is C15H22FN3O2. The number of carbonyl (C=O) groups excluding carboxylic acids is 1. The number of halogens is 1. The third-order valence-electron chi connectivity index (χ3n) is 3.47. The molecule has 3 N–H and O–H groups in total. The van der Waals surface area contributed by atoms with Crippen molar-refractivity contribution in [1.29, 1.82) is 0 Å². The van der Waals surface area contributed by atoms with Crippen molar-refractivity contribution in [2.45, 2.75) is 32.5 Å². The number of nitrogens with zero attached hydrogens (tertiary/aromatic N) is 1. The normalized spacial score (nSPS) is 18.9. The summed E-state index contributed by atoms with van der Waals surface area (Å²) < 4.78 is 19.3. The smallest absolute Gasteiger partial charge is 0.245 e. The zero-order valence-electron chi connectivity index (χ0n) is 12.4. The van der Waals surface area contributed by atoms with E-state index in [2.05, 4.69) is 5.32 Å². The highest BCUT2D eigenvalue weighted by molar-refractivity contribution is 5.86. The van der Waals surface area contributed by atoms with E-state index in [0.29, 0.717) is 31.0 Å². The second-order valence-corrected chi connectivity index (χ2v) is 5.39. The average molecular weight is 295 g/mol. The van der Waals surface area contributed by atoms with Crippen molar-refractivity contribution in [3.63, 3.8) is 0 Å². The Labute approximate surface area is 124 Å². The molecular weight excluding hydrogens is 273 g/mol. The molecule has 116 valence electrons. The summed E-state index contributed by atoms with van der Waals surface area (Å²) in [5.74, 6) is -0.457. The van der Waals surface area contributed by atoms with Crippen LogP contribution in [0.15, 0.2) is 18.2 Å². The van der Waals surface area contributed by atoms with Gasteiger partial charge in [0.05, 0.1) is 13.2 Å². The Hall–Kier alpha value is -1.66. The molecule has 1 saturated heterocycles. The van der Waals surface area contributed by atoms with Crippen LogP contribution in [0.1, 0.15) is 19.4 Å². The van der Waals surface area contributed by atoms with Gasteiger partial charge in [0.15, 0.2) is 0 Å². The van der Waals surface area contributed by atoms with Crippen molar-refractivity contribution in [2.75, 3.05) is 24.7 Å². The van der Waals surface area contributed by atoms with Gasteiger partial charge in [0.2, 0.25) is 5.91 Å². The number of nitrogens with two attached hydrogens (primary N) is 1. The molecule has 0 saturated carbocycles. The Morgan fingerprint density at radius 2 is 2.33 bits per heavy atom. The maximum Gasteiger partial charge on any atom is 0.245 e. The van der Waals surface area contributed by atoms with Crippen molar-refractivity contribution in [3.8, 4) is 0 Å². The fraction of sp³-hybridized carbons (Fsp3) is 0.533. The first kappa shape index (κ1) is 15.7. The first-order valence-electron chi connectivity index (χ1n) is 7.16. The van der Waals surface area contributed by atoms with E-state index >= 15 is 0 Å². The van der Waals surface area contributed by atoms with E-state index in [1.54, 1.807) is 12.1 Å². The van der Waals surface area contributed by atoms with Crippen LogP contribution in [0, 0.1) is 5.82 Å². The van der Waals surface area contributed by atoms with Crippen molar-refractivity contribution < 1.29 is 13.9 Å². The number of anilines is 1. The van der Waals surface area contributed by atoms with Crippen LogP contribution >= 0.6 is 0 Å². The molecule has 0 aliphatic carbocycles. The molecule has 5 nitrogen and oxygen atoms in total. The topological polar surface area (TPSA) is 67.6 Å². The van der Waals surface area contributed by atoms with E-state index in [0.717, 1.165) is 0 Å². The quantitative estimate of drug-likeness (QED) is 0.870. The predicted molar refractivity (Wildman–Crippen MR) is 79.5 cm³/mol. The number of hydrogen-bond donors (Lipinski definition) is 2. The van der Waals surface area contributed by atoms with E-state index in [4.69, 9.17) is 10.5 Å². The Bertz CT molecular complexity index is 508. The monoisotopic (exact) mass is 295 g/mol. The molecule has 1 amide bonds. The van der Waals surface area contributed by atoms with Gasteiger partial charge in [0.1, 0.15) is 11.9 Å². The molecule has 21 heavy (non-hydrogen) atoms. The SMILES string of the molecule is CC(C)NC(=O)C1COCCN1c1cccc(F)c1CN. The van der Waals surface area contributed by atoms with Crippen LogP contribution in [0.3, 0.4) is 0 Å². The summed E-state index contributed by atoms with van der Waals surface area (Å²) in [5, 5.41) is 2.88. The molecule has 6 heteroatoms. The van der Waals surface area contributed by atoms with Crippen LogP contribution in [0.5, 0.6) is 0 Å². The summed E-state index contributed by atoms with van der Waals surface area (Å²) in [5.41, 5.74) is 6.77. The van der Waals surface area contributed by atoms with Crippen LogP contribution in [0.4, 0.5) is 10.1 Å². The minimum Gasteiger partial charge on any atom is -0.377 e. The van der Waals surface area contributed by atoms with Crippen LogP contribution in [-0.4, -0.2) is 37.7 Å². The van der Waals surface area contributed by atoms with Gasteiger partial charge < -0.3 is 20.7 Å². The highest BCUT2D eigenvalue weighted by Gasteiger charge is 2.31. The fourth-order valence-electron chi connectivity index (χ4n) is 2.51. The lowest BCUT2D eigenvalue weighted by molar-refractivity contribution is -0.125. The Morgan fingerprint density at radius 3 is 3.00 bits per heavy atom. The standard InChI is InChI=1S/C15H22FN3O2/c1-10(2)18-15(20)14-9-21-7-6-19(14)13-5-3-4-12(16)11(13)8-17/h3-5,10,14H,6-9,17H2,1-2H3,(H,18,20). The summed E-state index contributed by atoms with van der Waals surface area (Å²) in [7, 11) is 0. The number of morpholine rings is 1. The largest absolute Gasteiger partial charge is 0.377 e. The van der Waals surface area contributed by atoms with Crippen molar-refractivity contribution >= 4 is 11.6 Å². The second-order valence-electron chi connectivity index (χ2n) is 5.39. The van der Waals surface area contributed by atoms with Crippen molar-refractivity contribution in [1.82, 2.24) is 5.32 Å². The van der Waals surface area contributed by atoms with Crippen LogP contribution < -0.4 is 16.0 Å². The molecule has 1 atom stereocenters. The van der Waals surface area contributed by atoms with Crippen LogP contribution in [0.25, 0.3) is 0 Å². The van der Waals surface area contributed by atoms with Gasteiger partial charge in [0, 0.05) is 30.4 Å². The molecule has 1 unspecified atom stereocenters. The number of amides is 1. The minimum absolute atomic E-state index is 0.0442. The molecule has 1 heterocycles. The minimum atomic E-state index is -0.465. The van der Waals surface area contributed by atoms with Gasteiger partial charge in [-0.1, -0.05) is 6.07 Å². The summed E-state index contributed by atoms with van der Waals surface area (Å²) in [4.78, 5) is 14.2. The molecule has 0 radical (unpaired) electrons. The van der Waals surface area contributed by atoms with Gasteiger partial charge in [-0.25, -0.2) is 4.39 Å². The van der Waals surface area contributed by atoms with Gasteiger partial charge in [-0.05, 0) is 26.0 Å². The molecule has 1 aliphatic rings. The third-order valence-corrected chi connectivity index (χ3v) is 3.47. The number of rotatable bonds is 4.